The SMILES string of the molecule is CCN(CC)c1ccc2c(c1)OC1C=C(N(CCO)CCO)C=CC1=N2. The lowest BCUT2D eigenvalue weighted by molar-refractivity contribution is 0.190. The fourth-order valence-corrected chi connectivity index (χ4v) is 3.33. The number of aliphatic imine (C=N–C) groups is 1. The van der Waals surface area contributed by atoms with Crippen LogP contribution in [0.1, 0.15) is 13.8 Å². The molecule has 1 aliphatic heterocycles. The Hall–Kier alpha value is -2.31. The molecule has 1 atom stereocenters. The molecule has 1 heterocycles. The fraction of sp³-hybridized carbons (Fsp3) is 0.450. The predicted octanol–water partition coefficient (Wildman–Crippen LogP) is 2.11. The third kappa shape index (κ3) is 3.76. The maximum atomic E-state index is 9.25. The molecule has 0 fully saturated rings. The van der Waals surface area contributed by atoms with Gasteiger partial charge in [0.2, 0.25) is 0 Å². The third-order valence-corrected chi connectivity index (χ3v) is 4.72. The summed E-state index contributed by atoms with van der Waals surface area (Å²) in [5, 5.41) is 18.5. The van der Waals surface area contributed by atoms with E-state index in [-0.39, 0.29) is 19.3 Å². The Bertz CT molecular complexity index is 717. The first-order valence-corrected chi connectivity index (χ1v) is 9.21. The number of benzene rings is 1. The molecule has 140 valence electrons. The van der Waals surface area contributed by atoms with Crippen molar-refractivity contribution >= 4 is 17.1 Å². The third-order valence-electron chi connectivity index (χ3n) is 4.72. The first kappa shape index (κ1) is 18.5. The minimum atomic E-state index is -0.255. The highest BCUT2D eigenvalue weighted by Gasteiger charge is 2.26. The van der Waals surface area contributed by atoms with Gasteiger partial charge in [-0.25, -0.2) is 4.99 Å². The van der Waals surface area contributed by atoms with E-state index >= 15 is 0 Å². The van der Waals surface area contributed by atoms with Crippen LogP contribution in [0, 0.1) is 0 Å². The van der Waals surface area contributed by atoms with Crippen LogP contribution in [0.5, 0.6) is 5.75 Å². The van der Waals surface area contributed by atoms with Crippen molar-refractivity contribution in [1.29, 1.82) is 0 Å². The minimum absolute atomic E-state index is 0.0354. The first-order valence-electron chi connectivity index (χ1n) is 9.21. The summed E-state index contributed by atoms with van der Waals surface area (Å²) in [4.78, 5) is 8.95. The van der Waals surface area contributed by atoms with Gasteiger partial charge in [0.05, 0.1) is 18.9 Å². The number of ether oxygens (including phenoxy) is 1. The van der Waals surface area contributed by atoms with E-state index < -0.39 is 0 Å². The number of anilines is 1. The van der Waals surface area contributed by atoms with Crippen molar-refractivity contribution in [3.05, 3.63) is 42.1 Å². The van der Waals surface area contributed by atoms with Crippen LogP contribution < -0.4 is 9.64 Å². The number of fused-ring (bicyclic) bond motifs is 2. The number of aliphatic hydroxyl groups is 2. The molecule has 1 aromatic carbocycles. The lowest BCUT2D eigenvalue weighted by Gasteiger charge is -2.31. The lowest BCUT2D eigenvalue weighted by Crippen LogP contribution is -2.34. The molecule has 0 saturated heterocycles. The molecule has 3 rings (SSSR count). The normalized spacial score (nSPS) is 17.6. The van der Waals surface area contributed by atoms with Gasteiger partial charge in [-0.2, -0.15) is 0 Å². The van der Waals surface area contributed by atoms with Crippen LogP contribution in [0.15, 0.2) is 47.1 Å². The summed E-state index contributed by atoms with van der Waals surface area (Å²) in [6.07, 6.45) is 5.65. The highest BCUT2D eigenvalue weighted by atomic mass is 16.5. The average molecular weight is 357 g/mol. The Kier molecular flexibility index (Phi) is 5.96. The van der Waals surface area contributed by atoms with E-state index in [0.29, 0.717) is 13.1 Å². The summed E-state index contributed by atoms with van der Waals surface area (Å²) < 4.78 is 6.22. The predicted molar refractivity (Wildman–Crippen MR) is 104 cm³/mol. The van der Waals surface area contributed by atoms with E-state index in [1.54, 1.807) is 0 Å². The van der Waals surface area contributed by atoms with Crippen molar-refractivity contribution in [2.75, 3.05) is 44.3 Å². The molecule has 0 aromatic heterocycles. The summed E-state index contributed by atoms with van der Waals surface area (Å²) in [7, 11) is 0. The second-order valence-electron chi connectivity index (χ2n) is 6.26. The molecule has 1 unspecified atom stereocenters. The van der Waals surface area contributed by atoms with Gasteiger partial charge in [-0.15, -0.1) is 0 Å². The molecule has 1 aliphatic carbocycles. The molecule has 0 radical (unpaired) electrons. The van der Waals surface area contributed by atoms with Crippen LogP contribution in [0.3, 0.4) is 0 Å². The van der Waals surface area contributed by atoms with E-state index in [0.717, 1.165) is 41.6 Å². The van der Waals surface area contributed by atoms with E-state index in [2.05, 4.69) is 24.8 Å². The van der Waals surface area contributed by atoms with Crippen LogP contribution in [-0.2, 0) is 0 Å². The molecule has 0 bridgehead atoms. The van der Waals surface area contributed by atoms with Crippen LogP contribution in [0.4, 0.5) is 11.4 Å². The highest BCUT2D eigenvalue weighted by molar-refractivity contribution is 6.04. The standard InChI is InChI=1S/C20H27N3O3/c1-3-22(4-2)15-5-7-17-19(13-15)26-20-14-16(6-8-18(20)21-17)23(9-11-24)10-12-25/h5-8,13-14,20,24-25H,3-4,9-12H2,1-2H3. The zero-order valence-corrected chi connectivity index (χ0v) is 15.4. The van der Waals surface area contributed by atoms with Gasteiger partial charge in [0, 0.05) is 43.6 Å². The number of hydrogen-bond acceptors (Lipinski definition) is 6. The Labute approximate surface area is 154 Å². The van der Waals surface area contributed by atoms with Crippen LogP contribution in [-0.4, -0.2) is 66.3 Å². The molecular weight excluding hydrogens is 330 g/mol. The number of hydrogen-bond donors (Lipinski definition) is 2. The van der Waals surface area contributed by atoms with Gasteiger partial charge < -0.3 is 24.7 Å². The molecule has 1 aromatic rings. The summed E-state index contributed by atoms with van der Waals surface area (Å²) in [5.74, 6) is 0.782. The number of rotatable bonds is 8. The van der Waals surface area contributed by atoms with Gasteiger partial charge in [0.15, 0.2) is 6.10 Å². The quantitative estimate of drug-likeness (QED) is 0.746. The number of nitrogens with zero attached hydrogens (tertiary/aromatic N) is 3. The van der Waals surface area contributed by atoms with Crippen molar-refractivity contribution in [3.63, 3.8) is 0 Å². The lowest BCUT2D eigenvalue weighted by atomic mass is 10.0. The Balaban J connectivity index is 1.86. The molecule has 2 N–H and O–H groups in total. The Morgan fingerprint density at radius 2 is 1.77 bits per heavy atom. The Morgan fingerprint density at radius 3 is 2.42 bits per heavy atom. The van der Waals surface area contributed by atoms with Crippen LogP contribution in [0.2, 0.25) is 0 Å². The van der Waals surface area contributed by atoms with Gasteiger partial charge in [-0.3, -0.25) is 0 Å². The second kappa shape index (κ2) is 8.38. The molecular formula is C20H27N3O3. The van der Waals surface area contributed by atoms with Gasteiger partial charge in [0.1, 0.15) is 11.4 Å². The molecule has 6 nitrogen and oxygen atoms in total. The molecule has 26 heavy (non-hydrogen) atoms. The van der Waals surface area contributed by atoms with Crippen molar-refractivity contribution in [2.24, 2.45) is 4.99 Å². The number of allylic oxidation sites excluding steroid dienone is 1. The van der Waals surface area contributed by atoms with E-state index in [1.165, 1.54) is 0 Å². The molecule has 0 spiro atoms. The summed E-state index contributed by atoms with van der Waals surface area (Å²) in [6.45, 7) is 7.17. The van der Waals surface area contributed by atoms with E-state index in [1.807, 2.05) is 35.3 Å². The maximum absolute atomic E-state index is 9.25. The van der Waals surface area contributed by atoms with Crippen molar-refractivity contribution in [2.45, 2.75) is 20.0 Å². The smallest absolute Gasteiger partial charge is 0.161 e. The molecule has 6 heteroatoms. The van der Waals surface area contributed by atoms with Crippen LogP contribution in [0.25, 0.3) is 0 Å². The maximum Gasteiger partial charge on any atom is 0.161 e. The van der Waals surface area contributed by atoms with Crippen LogP contribution >= 0.6 is 0 Å². The topological polar surface area (TPSA) is 68.5 Å². The zero-order chi connectivity index (χ0) is 18.5. The Morgan fingerprint density at radius 1 is 1.04 bits per heavy atom. The number of aliphatic hydroxyl groups excluding tert-OH is 2. The van der Waals surface area contributed by atoms with E-state index in [4.69, 9.17) is 9.73 Å². The fourth-order valence-electron chi connectivity index (χ4n) is 3.33. The van der Waals surface area contributed by atoms with E-state index in [9.17, 15) is 10.2 Å². The largest absolute Gasteiger partial charge is 0.478 e. The molecule has 2 aliphatic rings. The molecule has 0 amide bonds. The zero-order valence-electron chi connectivity index (χ0n) is 15.4. The van der Waals surface area contributed by atoms with Gasteiger partial charge >= 0.3 is 0 Å². The summed E-state index contributed by atoms with van der Waals surface area (Å²) >= 11 is 0. The van der Waals surface area contributed by atoms with Gasteiger partial charge in [-0.1, -0.05) is 0 Å². The second-order valence-corrected chi connectivity index (χ2v) is 6.26. The molecule has 0 saturated carbocycles. The first-order chi connectivity index (χ1) is 12.7. The monoisotopic (exact) mass is 357 g/mol. The minimum Gasteiger partial charge on any atom is -0.478 e. The summed E-state index contributed by atoms with van der Waals surface area (Å²) in [5.41, 5.74) is 3.77. The van der Waals surface area contributed by atoms with Gasteiger partial charge in [-0.05, 0) is 44.2 Å². The van der Waals surface area contributed by atoms with Gasteiger partial charge in [0.25, 0.3) is 0 Å². The highest BCUT2D eigenvalue weighted by Crippen LogP contribution is 2.37. The summed E-state index contributed by atoms with van der Waals surface area (Å²) in [6, 6.07) is 6.13. The van der Waals surface area contributed by atoms with Crippen molar-refractivity contribution < 1.29 is 14.9 Å². The van der Waals surface area contributed by atoms with Crippen molar-refractivity contribution in [1.82, 2.24) is 4.90 Å². The average Bonchev–Trinajstić information content (AvgIpc) is 2.66. The van der Waals surface area contributed by atoms with Crippen molar-refractivity contribution in [3.8, 4) is 5.75 Å².